The largest absolute Gasteiger partial charge is 0.378 e. The van der Waals surface area contributed by atoms with Crippen LogP contribution in [0.1, 0.15) is 43.9 Å². The first-order valence-corrected chi connectivity index (χ1v) is 6.63. The second kappa shape index (κ2) is 5.65. The Morgan fingerprint density at radius 3 is 2.82 bits per heavy atom. The molecule has 1 N–H and O–H groups in total. The van der Waals surface area contributed by atoms with Crippen molar-refractivity contribution in [3.63, 3.8) is 0 Å². The summed E-state index contributed by atoms with van der Waals surface area (Å²) >= 11 is 0. The van der Waals surface area contributed by atoms with Crippen LogP contribution in [0.25, 0.3) is 0 Å². The number of ether oxygens (including phenoxy) is 1. The lowest BCUT2D eigenvalue weighted by molar-refractivity contribution is -0.0120. The van der Waals surface area contributed by atoms with Gasteiger partial charge in [-0.25, -0.2) is 0 Å². The van der Waals surface area contributed by atoms with E-state index in [9.17, 15) is 0 Å². The Balaban J connectivity index is 1.80. The van der Waals surface area contributed by atoms with Crippen molar-refractivity contribution in [2.45, 2.75) is 51.8 Å². The predicted octanol–water partition coefficient (Wildman–Crippen LogP) is 3.21. The Bertz CT molecular complexity index is 358. The standard InChI is InChI=1S/C15H23NO/c1-4-17-15-9-14(10-15)16-12(3)13-7-5-6-11(2)8-13/h5-8,12,14-16H,4,9-10H2,1-3H3/t12-,14?,15?/m0/s1. The molecule has 0 aromatic heterocycles. The molecule has 1 atom stereocenters. The number of nitrogens with one attached hydrogen (secondary N) is 1. The van der Waals surface area contributed by atoms with Crippen LogP contribution in [0.3, 0.4) is 0 Å². The fraction of sp³-hybridized carbons (Fsp3) is 0.600. The Morgan fingerprint density at radius 1 is 1.41 bits per heavy atom. The van der Waals surface area contributed by atoms with Crippen LogP contribution in [-0.2, 0) is 4.74 Å². The highest BCUT2D eigenvalue weighted by molar-refractivity contribution is 5.24. The van der Waals surface area contributed by atoms with Crippen molar-refractivity contribution in [1.29, 1.82) is 0 Å². The normalized spacial score (nSPS) is 25.4. The van der Waals surface area contributed by atoms with Crippen LogP contribution in [-0.4, -0.2) is 18.8 Å². The van der Waals surface area contributed by atoms with Gasteiger partial charge in [0.15, 0.2) is 0 Å². The lowest BCUT2D eigenvalue weighted by Crippen LogP contribution is -2.46. The highest BCUT2D eigenvalue weighted by Crippen LogP contribution is 2.26. The van der Waals surface area contributed by atoms with Gasteiger partial charge in [0.1, 0.15) is 0 Å². The Hall–Kier alpha value is -0.860. The first kappa shape index (κ1) is 12.6. The molecule has 2 heteroatoms. The molecule has 0 heterocycles. The van der Waals surface area contributed by atoms with E-state index in [2.05, 4.69) is 50.4 Å². The summed E-state index contributed by atoms with van der Waals surface area (Å²) < 4.78 is 5.57. The summed E-state index contributed by atoms with van der Waals surface area (Å²) in [5.74, 6) is 0. The van der Waals surface area contributed by atoms with E-state index in [0.717, 1.165) is 19.4 Å². The van der Waals surface area contributed by atoms with Gasteiger partial charge in [-0.15, -0.1) is 0 Å². The molecular formula is C15H23NO. The smallest absolute Gasteiger partial charge is 0.0604 e. The maximum absolute atomic E-state index is 5.57. The molecule has 2 nitrogen and oxygen atoms in total. The minimum Gasteiger partial charge on any atom is -0.378 e. The summed E-state index contributed by atoms with van der Waals surface area (Å²) in [4.78, 5) is 0. The fourth-order valence-electron chi connectivity index (χ4n) is 2.46. The highest BCUT2D eigenvalue weighted by atomic mass is 16.5. The number of aryl methyl sites for hydroxylation is 1. The van der Waals surface area contributed by atoms with Crippen LogP contribution < -0.4 is 5.32 Å². The summed E-state index contributed by atoms with van der Waals surface area (Å²) in [7, 11) is 0. The maximum Gasteiger partial charge on any atom is 0.0604 e. The zero-order valence-corrected chi connectivity index (χ0v) is 11.1. The van der Waals surface area contributed by atoms with Gasteiger partial charge in [0.05, 0.1) is 6.10 Å². The Morgan fingerprint density at radius 2 is 2.18 bits per heavy atom. The van der Waals surface area contributed by atoms with E-state index in [1.165, 1.54) is 11.1 Å². The van der Waals surface area contributed by atoms with Crippen LogP contribution in [0.15, 0.2) is 24.3 Å². The molecule has 1 aromatic carbocycles. The summed E-state index contributed by atoms with van der Waals surface area (Å²) in [6, 6.07) is 9.79. The van der Waals surface area contributed by atoms with E-state index < -0.39 is 0 Å². The van der Waals surface area contributed by atoms with E-state index in [1.54, 1.807) is 0 Å². The highest BCUT2D eigenvalue weighted by Gasteiger charge is 2.30. The van der Waals surface area contributed by atoms with Gasteiger partial charge in [-0.1, -0.05) is 29.8 Å². The summed E-state index contributed by atoms with van der Waals surface area (Å²) in [5, 5.41) is 3.67. The van der Waals surface area contributed by atoms with E-state index in [1.807, 2.05) is 0 Å². The number of rotatable bonds is 5. The molecule has 0 saturated heterocycles. The van der Waals surface area contributed by atoms with Gasteiger partial charge < -0.3 is 10.1 Å². The van der Waals surface area contributed by atoms with Gasteiger partial charge in [-0.3, -0.25) is 0 Å². The van der Waals surface area contributed by atoms with Crippen molar-refractivity contribution >= 4 is 0 Å². The van der Waals surface area contributed by atoms with Gasteiger partial charge in [0, 0.05) is 18.7 Å². The zero-order chi connectivity index (χ0) is 12.3. The number of hydrogen-bond acceptors (Lipinski definition) is 2. The van der Waals surface area contributed by atoms with E-state index in [4.69, 9.17) is 4.74 Å². The van der Waals surface area contributed by atoms with Crippen molar-refractivity contribution in [3.05, 3.63) is 35.4 Å². The number of hydrogen-bond donors (Lipinski definition) is 1. The van der Waals surface area contributed by atoms with E-state index >= 15 is 0 Å². The average molecular weight is 233 g/mol. The average Bonchev–Trinajstić information content (AvgIpc) is 2.26. The molecule has 0 bridgehead atoms. The second-order valence-electron chi connectivity index (χ2n) is 5.05. The van der Waals surface area contributed by atoms with Crippen molar-refractivity contribution in [2.75, 3.05) is 6.61 Å². The van der Waals surface area contributed by atoms with E-state index in [0.29, 0.717) is 18.2 Å². The summed E-state index contributed by atoms with van der Waals surface area (Å²) in [6.07, 6.45) is 2.80. The lowest BCUT2D eigenvalue weighted by atomic mass is 9.88. The van der Waals surface area contributed by atoms with Crippen LogP contribution in [0.4, 0.5) is 0 Å². The van der Waals surface area contributed by atoms with Crippen LogP contribution in [0.5, 0.6) is 0 Å². The maximum atomic E-state index is 5.57. The molecule has 0 radical (unpaired) electrons. The molecular weight excluding hydrogens is 210 g/mol. The van der Waals surface area contributed by atoms with Crippen LogP contribution >= 0.6 is 0 Å². The number of benzene rings is 1. The fourth-order valence-corrected chi connectivity index (χ4v) is 2.46. The lowest BCUT2D eigenvalue weighted by Gasteiger charge is -2.37. The molecule has 0 amide bonds. The third kappa shape index (κ3) is 3.30. The topological polar surface area (TPSA) is 21.3 Å². The summed E-state index contributed by atoms with van der Waals surface area (Å²) in [6.45, 7) is 7.29. The zero-order valence-electron chi connectivity index (χ0n) is 11.1. The molecule has 0 unspecified atom stereocenters. The monoisotopic (exact) mass is 233 g/mol. The molecule has 1 aliphatic carbocycles. The van der Waals surface area contributed by atoms with E-state index in [-0.39, 0.29) is 0 Å². The van der Waals surface area contributed by atoms with Gasteiger partial charge >= 0.3 is 0 Å². The quantitative estimate of drug-likeness (QED) is 0.843. The first-order chi connectivity index (χ1) is 8.19. The molecule has 94 valence electrons. The third-order valence-corrected chi connectivity index (χ3v) is 3.53. The van der Waals surface area contributed by atoms with Gasteiger partial charge in [-0.05, 0) is 39.2 Å². The molecule has 1 aromatic rings. The molecule has 17 heavy (non-hydrogen) atoms. The van der Waals surface area contributed by atoms with Crippen LogP contribution in [0, 0.1) is 6.92 Å². The molecule has 2 rings (SSSR count). The third-order valence-electron chi connectivity index (χ3n) is 3.53. The SMILES string of the molecule is CCOC1CC(N[C@@H](C)c2cccc(C)c2)C1. The summed E-state index contributed by atoms with van der Waals surface area (Å²) in [5.41, 5.74) is 2.71. The second-order valence-corrected chi connectivity index (χ2v) is 5.05. The van der Waals surface area contributed by atoms with Crippen molar-refractivity contribution in [2.24, 2.45) is 0 Å². The van der Waals surface area contributed by atoms with Gasteiger partial charge in [0.25, 0.3) is 0 Å². The van der Waals surface area contributed by atoms with Crippen molar-refractivity contribution in [1.82, 2.24) is 5.32 Å². The molecule has 1 saturated carbocycles. The molecule has 1 fully saturated rings. The Labute approximate surface area is 104 Å². The van der Waals surface area contributed by atoms with Crippen LogP contribution in [0.2, 0.25) is 0 Å². The minimum atomic E-state index is 0.433. The van der Waals surface area contributed by atoms with Gasteiger partial charge in [0.2, 0.25) is 0 Å². The van der Waals surface area contributed by atoms with Crippen molar-refractivity contribution < 1.29 is 4.74 Å². The van der Waals surface area contributed by atoms with Gasteiger partial charge in [-0.2, -0.15) is 0 Å². The Kier molecular flexibility index (Phi) is 4.19. The molecule has 0 spiro atoms. The molecule has 1 aliphatic rings. The minimum absolute atomic E-state index is 0.433. The molecule has 0 aliphatic heterocycles. The first-order valence-electron chi connectivity index (χ1n) is 6.63. The van der Waals surface area contributed by atoms with Crippen molar-refractivity contribution in [3.8, 4) is 0 Å². The predicted molar refractivity (Wildman–Crippen MR) is 71.2 cm³/mol.